The van der Waals surface area contributed by atoms with Gasteiger partial charge in [-0.3, -0.25) is 4.79 Å². The normalized spacial score (nSPS) is 10.8. The fraction of sp³-hybridized carbons (Fsp3) is 0.208. The third-order valence-corrected chi connectivity index (χ3v) is 4.84. The standard InChI is InChI=1S/C24H24N4O3/c1-15-9-11-18(12-10-15)31-20-8-6-5-7-19(20)26-21(29)14-30-24-22-16(2)13-17(3)25-23(22)28(4)27-24/h5-13H,14H2,1-4H3,(H,26,29). The highest BCUT2D eigenvalue weighted by Gasteiger charge is 2.16. The summed E-state index contributed by atoms with van der Waals surface area (Å²) in [5.41, 5.74) is 4.35. The number of benzene rings is 2. The van der Waals surface area contributed by atoms with E-state index in [0.717, 1.165) is 27.9 Å². The summed E-state index contributed by atoms with van der Waals surface area (Å²) >= 11 is 0. The quantitative estimate of drug-likeness (QED) is 0.493. The highest BCUT2D eigenvalue weighted by molar-refractivity contribution is 5.94. The minimum atomic E-state index is -0.309. The minimum absolute atomic E-state index is 0.182. The summed E-state index contributed by atoms with van der Waals surface area (Å²) in [6, 6.07) is 17.0. The lowest BCUT2D eigenvalue weighted by Gasteiger charge is -2.12. The molecular weight excluding hydrogens is 392 g/mol. The number of rotatable bonds is 6. The number of para-hydroxylation sites is 2. The van der Waals surface area contributed by atoms with Gasteiger partial charge in [0, 0.05) is 12.7 Å². The molecule has 0 fully saturated rings. The summed E-state index contributed by atoms with van der Waals surface area (Å²) in [6.45, 7) is 5.74. The smallest absolute Gasteiger partial charge is 0.262 e. The number of nitrogens with one attached hydrogen (secondary N) is 1. The first kappa shape index (κ1) is 20.4. The van der Waals surface area contributed by atoms with Crippen molar-refractivity contribution in [3.05, 3.63) is 71.4 Å². The van der Waals surface area contributed by atoms with Gasteiger partial charge < -0.3 is 14.8 Å². The zero-order valence-corrected chi connectivity index (χ0v) is 18.0. The molecule has 4 rings (SSSR count). The zero-order chi connectivity index (χ0) is 22.0. The molecule has 31 heavy (non-hydrogen) atoms. The zero-order valence-electron chi connectivity index (χ0n) is 18.0. The van der Waals surface area contributed by atoms with Crippen molar-refractivity contribution in [3.8, 4) is 17.4 Å². The van der Waals surface area contributed by atoms with Crippen molar-refractivity contribution in [1.29, 1.82) is 0 Å². The van der Waals surface area contributed by atoms with Crippen LogP contribution in [0.25, 0.3) is 11.0 Å². The predicted octanol–water partition coefficient (Wildman–Crippen LogP) is 4.70. The molecule has 2 aromatic heterocycles. The van der Waals surface area contributed by atoms with E-state index in [0.29, 0.717) is 23.1 Å². The Labute approximate surface area is 180 Å². The molecule has 7 nitrogen and oxygen atoms in total. The van der Waals surface area contributed by atoms with E-state index in [-0.39, 0.29) is 12.5 Å². The topological polar surface area (TPSA) is 78.3 Å². The molecule has 0 bridgehead atoms. The van der Waals surface area contributed by atoms with Crippen molar-refractivity contribution in [2.45, 2.75) is 20.8 Å². The summed E-state index contributed by atoms with van der Waals surface area (Å²) in [5.74, 6) is 1.33. The third-order valence-electron chi connectivity index (χ3n) is 4.84. The molecule has 4 aromatic rings. The average molecular weight is 416 g/mol. The first-order valence-electron chi connectivity index (χ1n) is 9.98. The van der Waals surface area contributed by atoms with E-state index >= 15 is 0 Å². The van der Waals surface area contributed by atoms with Crippen LogP contribution < -0.4 is 14.8 Å². The van der Waals surface area contributed by atoms with Gasteiger partial charge in [0.25, 0.3) is 5.91 Å². The number of pyridine rings is 1. The Bertz CT molecular complexity index is 1250. The number of carbonyl (C=O) groups excluding carboxylic acids is 1. The van der Waals surface area contributed by atoms with Gasteiger partial charge in [-0.2, -0.15) is 0 Å². The second kappa shape index (κ2) is 8.47. The van der Waals surface area contributed by atoms with Crippen LogP contribution in [0.2, 0.25) is 0 Å². The molecular formula is C24H24N4O3. The number of nitrogens with zero attached hydrogens (tertiary/aromatic N) is 3. The van der Waals surface area contributed by atoms with Crippen molar-refractivity contribution in [2.24, 2.45) is 7.05 Å². The molecule has 0 aliphatic carbocycles. The van der Waals surface area contributed by atoms with Crippen molar-refractivity contribution < 1.29 is 14.3 Å². The molecule has 0 saturated carbocycles. The number of anilines is 1. The average Bonchev–Trinajstić information content (AvgIpc) is 3.05. The molecule has 1 amide bonds. The van der Waals surface area contributed by atoms with Gasteiger partial charge in [0.05, 0.1) is 11.1 Å². The summed E-state index contributed by atoms with van der Waals surface area (Å²) < 4.78 is 13.3. The maximum absolute atomic E-state index is 12.6. The number of fused-ring (bicyclic) bond motifs is 1. The number of amides is 1. The van der Waals surface area contributed by atoms with Crippen molar-refractivity contribution in [3.63, 3.8) is 0 Å². The Hall–Kier alpha value is -3.87. The van der Waals surface area contributed by atoms with Gasteiger partial charge in [0.15, 0.2) is 18.0 Å². The monoisotopic (exact) mass is 416 g/mol. The Morgan fingerprint density at radius 2 is 1.81 bits per heavy atom. The lowest BCUT2D eigenvalue weighted by Crippen LogP contribution is -2.20. The Morgan fingerprint density at radius 1 is 1.06 bits per heavy atom. The molecule has 0 aliphatic heterocycles. The second-order valence-corrected chi connectivity index (χ2v) is 7.46. The molecule has 2 aromatic carbocycles. The molecule has 1 N–H and O–H groups in total. The SMILES string of the molecule is Cc1ccc(Oc2ccccc2NC(=O)COc2nn(C)c3nc(C)cc(C)c23)cc1. The summed E-state index contributed by atoms with van der Waals surface area (Å²) in [5, 5.41) is 8.04. The van der Waals surface area contributed by atoms with Gasteiger partial charge in [-0.15, -0.1) is 5.10 Å². The van der Waals surface area contributed by atoms with E-state index in [9.17, 15) is 4.79 Å². The second-order valence-electron chi connectivity index (χ2n) is 7.46. The summed E-state index contributed by atoms with van der Waals surface area (Å²) in [6.07, 6.45) is 0. The van der Waals surface area contributed by atoms with Crippen molar-refractivity contribution >= 4 is 22.6 Å². The minimum Gasteiger partial charge on any atom is -0.466 e. The van der Waals surface area contributed by atoms with Gasteiger partial charge in [-0.25, -0.2) is 9.67 Å². The lowest BCUT2D eigenvalue weighted by molar-refractivity contribution is -0.118. The van der Waals surface area contributed by atoms with Gasteiger partial charge in [0.2, 0.25) is 5.88 Å². The van der Waals surface area contributed by atoms with Crippen LogP contribution in [-0.2, 0) is 11.8 Å². The molecule has 0 radical (unpaired) electrons. The maximum Gasteiger partial charge on any atom is 0.262 e. The van der Waals surface area contributed by atoms with E-state index in [4.69, 9.17) is 9.47 Å². The van der Waals surface area contributed by atoms with Crippen LogP contribution in [0, 0.1) is 20.8 Å². The van der Waals surface area contributed by atoms with Crippen LogP contribution in [0.1, 0.15) is 16.8 Å². The van der Waals surface area contributed by atoms with E-state index in [1.54, 1.807) is 23.9 Å². The van der Waals surface area contributed by atoms with Gasteiger partial charge in [0.1, 0.15) is 5.75 Å². The van der Waals surface area contributed by atoms with Crippen LogP contribution >= 0.6 is 0 Å². The molecule has 158 valence electrons. The van der Waals surface area contributed by atoms with Gasteiger partial charge >= 0.3 is 0 Å². The van der Waals surface area contributed by atoms with E-state index in [1.165, 1.54) is 0 Å². The summed E-state index contributed by atoms with van der Waals surface area (Å²) in [4.78, 5) is 17.1. The number of ether oxygens (including phenoxy) is 2. The number of aryl methyl sites for hydroxylation is 4. The fourth-order valence-electron chi connectivity index (χ4n) is 3.36. The number of aromatic nitrogens is 3. The Kier molecular flexibility index (Phi) is 5.58. The van der Waals surface area contributed by atoms with Gasteiger partial charge in [-0.05, 0) is 56.7 Å². The largest absolute Gasteiger partial charge is 0.466 e. The third kappa shape index (κ3) is 4.50. The van der Waals surface area contributed by atoms with E-state index < -0.39 is 0 Å². The molecule has 0 atom stereocenters. The molecule has 0 spiro atoms. The van der Waals surface area contributed by atoms with Gasteiger partial charge in [-0.1, -0.05) is 29.8 Å². The van der Waals surface area contributed by atoms with E-state index in [1.807, 2.05) is 63.2 Å². The molecule has 2 heterocycles. The highest BCUT2D eigenvalue weighted by atomic mass is 16.5. The van der Waals surface area contributed by atoms with Crippen LogP contribution in [0.5, 0.6) is 17.4 Å². The van der Waals surface area contributed by atoms with Crippen molar-refractivity contribution in [2.75, 3.05) is 11.9 Å². The molecule has 0 unspecified atom stereocenters. The van der Waals surface area contributed by atoms with Crippen LogP contribution in [0.15, 0.2) is 54.6 Å². The lowest BCUT2D eigenvalue weighted by atomic mass is 10.2. The van der Waals surface area contributed by atoms with E-state index in [2.05, 4.69) is 15.4 Å². The first-order valence-corrected chi connectivity index (χ1v) is 9.98. The predicted molar refractivity (Wildman–Crippen MR) is 120 cm³/mol. The Morgan fingerprint density at radius 3 is 2.58 bits per heavy atom. The van der Waals surface area contributed by atoms with Crippen LogP contribution in [0.3, 0.4) is 0 Å². The molecule has 7 heteroatoms. The number of hydrogen-bond acceptors (Lipinski definition) is 5. The van der Waals surface area contributed by atoms with Crippen LogP contribution in [0.4, 0.5) is 5.69 Å². The fourth-order valence-corrected chi connectivity index (χ4v) is 3.36. The highest BCUT2D eigenvalue weighted by Crippen LogP contribution is 2.30. The summed E-state index contributed by atoms with van der Waals surface area (Å²) in [7, 11) is 1.81. The maximum atomic E-state index is 12.6. The van der Waals surface area contributed by atoms with Crippen LogP contribution in [-0.4, -0.2) is 27.3 Å². The number of carbonyl (C=O) groups is 1. The molecule has 0 saturated heterocycles. The first-order chi connectivity index (χ1) is 14.9. The Balaban J connectivity index is 1.47. The number of hydrogen-bond donors (Lipinski definition) is 1. The van der Waals surface area contributed by atoms with Crippen molar-refractivity contribution in [1.82, 2.24) is 14.8 Å². The molecule has 0 aliphatic rings.